The molecule has 1 aliphatic rings. The molecule has 36 heavy (non-hydrogen) atoms. The molecular formula is C29H34FN3O3. The predicted molar refractivity (Wildman–Crippen MR) is 140 cm³/mol. The van der Waals surface area contributed by atoms with Gasteiger partial charge in [-0.3, -0.25) is 4.98 Å². The van der Waals surface area contributed by atoms with Crippen LogP contribution >= 0.6 is 0 Å². The molecule has 0 atom stereocenters. The molecule has 6 nitrogen and oxygen atoms in total. The minimum absolute atomic E-state index is 0.206. The number of aromatic nitrogens is 1. The molecule has 0 unspecified atom stereocenters. The SMILES string of the molecule is COc1ccc(N(Cc2cccnc2-c2cccc(F)c2)C2CCN(C(=O)OC(C)(C)C)CC2)cc1. The minimum Gasteiger partial charge on any atom is -0.497 e. The number of pyridine rings is 1. The lowest BCUT2D eigenvalue weighted by Gasteiger charge is -2.40. The highest BCUT2D eigenvalue weighted by Gasteiger charge is 2.30. The van der Waals surface area contributed by atoms with E-state index in [1.165, 1.54) is 12.1 Å². The summed E-state index contributed by atoms with van der Waals surface area (Å²) < 4.78 is 24.9. The van der Waals surface area contributed by atoms with E-state index in [4.69, 9.17) is 9.47 Å². The second-order valence-corrected chi connectivity index (χ2v) is 10.0. The molecular weight excluding hydrogens is 457 g/mol. The summed E-state index contributed by atoms with van der Waals surface area (Å²) in [7, 11) is 1.65. The van der Waals surface area contributed by atoms with Crippen LogP contribution in [-0.2, 0) is 11.3 Å². The number of hydrogen-bond donors (Lipinski definition) is 0. The Morgan fingerprint density at radius 1 is 1.08 bits per heavy atom. The lowest BCUT2D eigenvalue weighted by Crippen LogP contribution is -2.48. The van der Waals surface area contributed by atoms with Crippen LogP contribution in [0.5, 0.6) is 5.75 Å². The number of likely N-dealkylation sites (tertiary alicyclic amines) is 1. The van der Waals surface area contributed by atoms with Crippen molar-refractivity contribution in [3.63, 3.8) is 0 Å². The van der Waals surface area contributed by atoms with E-state index in [0.29, 0.717) is 19.6 Å². The number of amides is 1. The number of nitrogens with zero attached hydrogens (tertiary/aromatic N) is 3. The fraction of sp³-hybridized carbons (Fsp3) is 0.379. The topological polar surface area (TPSA) is 54.9 Å². The maximum atomic E-state index is 14.0. The first-order valence-corrected chi connectivity index (χ1v) is 12.3. The zero-order valence-electron chi connectivity index (χ0n) is 21.4. The van der Waals surface area contributed by atoms with Crippen molar-refractivity contribution >= 4 is 11.8 Å². The van der Waals surface area contributed by atoms with Gasteiger partial charge < -0.3 is 19.3 Å². The Kier molecular flexibility index (Phi) is 7.77. The number of anilines is 1. The normalized spacial score (nSPS) is 14.4. The highest BCUT2D eigenvalue weighted by molar-refractivity contribution is 5.68. The van der Waals surface area contributed by atoms with Crippen molar-refractivity contribution in [3.05, 3.63) is 78.2 Å². The van der Waals surface area contributed by atoms with Crippen molar-refractivity contribution in [2.45, 2.75) is 51.8 Å². The monoisotopic (exact) mass is 491 g/mol. The summed E-state index contributed by atoms with van der Waals surface area (Å²) in [6, 6.07) is 18.7. The Hall–Kier alpha value is -3.61. The van der Waals surface area contributed by atoms with E-state index < -0.39 is 5.60 Å². The molecule has 1 fully saturated rings. The van der Waals surface area contributed by atoms with Gasteiger partial charge in [-0.1, -0.05) is 18.2 Å². The van der Waals surface area contributed by atoms with Crippen molar-refractivity contribution < 1.29 is 18.7 Å². The van der Waals surface area contributed by atoms with Gasteiger partial charge in [0.2, 0.25) is 0 Å². The summed E-state index contributed by atoms with van der Waals surface area (Å²) in [4.78, 5) is 21.3. The van der Waals surface area contributed by atoms with Crippen LogP contribution in [0.15, 0.2) is 66.9 Å². The number of benzene rings is 2. The molecule has 190 valence electrons. The number of ether oxygens (including phenoxy) is 2. The van der Waals surface area contributed by atoms with Crippen LogP contribution in [0, 0.1) is 5.82 Å². The van der Waals surface area contributed by atoms with Gasteiger partial charge in [-0.25, -0.2) is 9.18 Å². The predicted octanol–water partition coefficient (Wildman–Crippen LogP) is 6.30. The summed E-state index contributed by atoms with van der Waals surface area (Å²) in [5.41, 5.74) is 3.06. The minimum atomic E-state index is -0.517. The number of halogens is 1. The Balaban J connectivity index is 1.59. The summed E-state index contributed by atoms with van der Waals surface area (Å²) in [5, 5.41) is 0. The van der Waals surface area contributed by atoms with Gasteiger partial charge in [0.05, 0.1) is 12.8 Å². The van der Waals surface area contributed by atoms with Crippen LogP contribution in [0.1, 0.15) is 39.2 Å². The Morgan fingerprint density at radius 3 is 2.44 bits per heavy atom. The van der Waals surface area contributed by atoms with E-state index in [1.54, 1.807) is 24.3 Å². The number of piperidine rings is 1. The molecule has 0 saturated carbocycles. The number of hydrogen-bond acceptors (Lipinski definition) is 5. The molecule has 1 saturated heterocycles. The molecule has 0 radical (unpaired) electrons. The number of rotatable bonds is 6. The van der Waals surface area contributed by atoms with E-state index in [-0.39, 0.29) is 18.0 Å². The van der Waals surface area contributed by atoms with Crippen LogP contribution in [0.2, 0.25) is 0 Å². The van der Waals surface area contributed by atoms with Gasteiger partial charge in [-0.2, -0.15) is 0 Å². The van der Waals surface area contributed by atoms with E-state index in [1.807, 2.05) is 51.1 Å². The molecule has 0 N–H and O–H groups in total. The number of carbonyl (C=O) groups excluding carboxylic acids is 1. The van der Waals surface area contributed by atoms with Gasteiger partial charge in [0.1, 0.15) is 17.2 Å². The van der Waals surface area contributed by atoms with Gasteiger partial charge in [-0.15, -0.1) is 0 Å². The molecule has 1 aromatic heterocycles. The van der Waals surface area contributed by atoms with Crippen molar-refractivity contribution in [2.75, 3.05) is 25.1 Å². The van der Waals surface area contributed by atoms with Crippen molar-refractivity contribution in [2.24, 2.45) is 0 Å². The Morgan fingerprint density at radius 2 is 1.81 bits per heavy atom. The molecule has 0 bridgehead atoms. The molecule has 0 aliphatic carbocycles. The first-order valence-electron chi connectivity index (χ1n) is 12.3. The first kappa shape index (κ1) is 25.5. The van der Waals surface area contributed by atoms with E-state index in [0.717, 1.165) is 41.1 Å². The molecule has 0 spiro atoms. The molecule has 3 aromatic rings. The average Bonchev–Trinajstić information content (AvgIpc) is 2.87. The van der Waals surface area contributed by atoms with Crippen LogP contribution in [-0.4, -0.2) is 47.8 Å². The molecule has 4 rings (SSSR count). The second-order valence-electron chi connectivity index (χ2n) is 10.0. The fourth-order valence-electron chi connectivity index (χ4n) is 4.54. The summed E-state index contributed by atoms with van der Waals surface area (Å²) >= 11 is 0. The largest absolute Gasteiger partial charge is 0.497 e. The quantitative estimate of drug-likeness (QED) is 0.405. The van der Waals surface area contributed by atoms with Gasteiger partial charge in [0.25, 0.3) is 0 Å². The third-order valence-electron chi connectivity index (χ3n) is 6.29. The van der Waals surface area contributed by atoms with Gasteiger partial charge >= 0.3 is 6.09 Å². The second kappa shape index (κ2) is 11.0. The summed E-state index contributed by atoms with van der Waals surface area (Å²) in [5.74, 6) is 0.505. The maximum absolute atomic E-state index is 14.0. The van der Waals surface area contributed by atoms with Gasteiger partial charge in [-0.05, 0) is 81.6 Å². The standard InChI is InChI=1S/C29H34FN3O3/c1-29(2,3)36-28(34)32-17-14-25(15-18-32)33(24-10-12-26(35-4)13-11-24)20-22-8-6-16-31-27(22)21-7-5-9-23(30)19-21/h5-13,16,19,25H,14-15,17-18,20H2,1-4H3. The van der Waals surface area contributed by atoms with Crippen LogP contribution < -0.4 is 9.64 Å². The lowest BCUT2D eigenvalue weighted by molar-refractivity contribution is 0.0204. The Bertz CT molecular complexity index is 1170. The zero-order valence-corrected chi connectivity index (χ0v) is 21.4. The maximum Gasteiger partial charge on any atom is 0.410 e. The molecule has 2 aromatic carbocycles. The average molecular weight is 492 g/mol. The summed E-state index contributed by atoms with van der Waals surface area (Å²) in [6.45, 7) is 7.49. The zero-order chi connectivity index (χ0) is 25.7. The molecule has 1 aliphatic heterocycles. The number of carbonyl (C=O) groups is 1. The van der Waals surface area contributed by atoms with E-state index in [9.17, 15) is 9.18 Å². The highest BCUT2D eigenvalue weighted by atomic mass is 19.1. The number of methoxy groups -OCH3 is 1. The molecule has 1 amide bonds. The molecule has 2 heterocycles. The fourth-order valence-corrected chi connectivity index (χ4v) is 4.54. The summed E-state index contributed by atoms with van der Waals surface area (Å²) in [6.07, 6.45) is 3.08. The van der Waals surface area contributed by atoms with Crippen LogP contribution in [0.3, 0.4) is 0 Å². The first-order chi connectivity index (χ1) is 17.2. The third kappa shape index (κ3) is 6.33. The smallest absolute Gasteiger partial charge is 0.410 e. The van der Waals surface area contributed by atoms with Gasteiger partial charge in [0, 0.05) is 43.1 Å². The highest BCUT2D eigenvalue weighted by Crippen LogP contribution is 2.31. The Labute approximate surface area is 212 Å². The van der Waals surface area contributed by atoms with E-state index >= 15 is 0 Å². The van der Waals surface area contributed by atoms with E-state index in [2.05, 4.69) is 22.0 Å². The van der Waals surface area contributed by atoms with Crippen molar-refractivity contribution in [3.8, 4) is 17.0 Å². The molecule has 7 heteroatoms. The van der Waals surface area contributed by atoms with Crippen molar-refractivity contribution in [1.82, 2.24) is 9.88 Å². The van der Waals surface area contributed by atoms with Gasteiger partial charge in [0.15, 0.2) is 0 Å². The van der Waals surface area contributed by atoms with Crippen LogP contribution in [0.4, 0.5) is 14.9 Å². The van der Waals surface area contributed by atoms with Crippen LogP contribution in [0.25, 0.3) is 11.3 Å². The third-order valence-corrected chi connectivity index (χ3v) is 6.29. The lowest BCUT2D eigenvalue weighted by atomic mass is 9.99. The van der Waals surface area contributed by atoms with Crippen molar-refractivity contribution in [1.29, 1.82) is 0 Å².